The highest BCUT2D eigenvalue weighted by Gasteiger charge is 2.43. The van der Waals surface area contributed by atoms with E-state index in [1.54, 1.807) is 0 Å². The average Bonchev–Trinajstić information content (AvgIpc) is 3.00. The number of anilines is 2. The van der Waals surface area contributed by atoms with Gasteiger partial charge in [0.1, 0.15) is 0 Å². The summed E-state index contributed by atoms with van der Waals surface area (Å²) in [6.07, 6.45) is 8.40. The Morgan fingerprint density at radius 1 is 1.17 bits per heavy atom. The predicted octanol–water partition coefficient (Wildman–Crippen LogP) is 3.21. The minimum atomic E-state index is 0.810. The maximum Gasteiger partial charge on any atom is 0.0422 e. The molecule has 2 N–H and O–H groups in total. The van der Waals surface area contributed by atoms with Crippen LogP contribution in [0.4, 0.5) is 11.4 Å². The lowest BCUT2D eigenvalue weighted by atomic mass is 9.90. The monoisotopic (exact) mass is 242 g/mol. The van der Waals surface area contributed by atoms with E-state index in [4.69, 9.17) is 5.73 Å². The first-order valence-corrected chi connectivity index (χ1v) is 7.46. The van der Waals surface area contributed by atoms with Crippen LogP contribution in [0.15, 0.2) is 18.2 Å². The zero-order chi connectivity index (χ0) is 12.1. The van der Waals surface area contributed by atoms with Crippen LogP contribution in [0.2, 0.25) is 0 Å². The highest BCUT2D eigenvalue weighted by atomic mass is 15.2. The van der Waals surface area contributed by atoms with Crippen molar-refractivity contribution in [1.82, 2.24) is 0 Å². The fraction of sp³-hybridized carbons (Fsp3) is 0.625. The van der Waals surface area contributed by atoms with Crippen LogP contribution in [-0.2, 0) is 6.42 Å². The van der Waals surface area contributed by atoms with E-state index in [1.165, 1.54) is 56.3 Å². The van der Waals surface area contributed by atoms with Gasteiger partial charge in [0.15, 0.2) is 0 Å². The Bertz CT molecular complexity index is 468. The quantitative estimate of drug-likeness (QED) is 0.766. The molecule has 3 atom stereocenters. The Morgan fingerprint density at radius 3 is 2.89 bits per heavy atom. The molecule has 18 heavy (non-hydrogen) atoms. The van der Waals surface area contributed by atoms with Crippen LogP contribution in [0, 0.1) is 11.8 Å². The van der Waals surface area contributed by atoms with Crippen molar-refractivity contribution < 1.29 is 0 Å². The van der Waals surface area contributed by atoms with E-state index in [0.717, 1.165) is 23.6 Å². The van der Waals surface area contributed by atoms with Gasteiger partial charge in [0.2, 0.25) is 0 Å². The van der Waals surface area contributed by atoms with E-state index in [-0.39, 0.29) is 0 Å². The maximum atomic E-state index is 5.99. The second-order valence-corrected chi connectivity index (χ2v) is 6.43. The highest BCUT2D eigenvalue weighted by Crippen LogP contribution is 2.48. The lowest BCUT2D eigenvalue weighted by molar-refractivity contribution is 0.386. The molecule has 2 fully saturated rings. The zero-order valence-electron chi connectivity index (χ0n) is 10.9. The molecule has 1 aromatic carbocycles. The van der Waals surface area contributed by atoms with Crippen molar-refractivity contribution in [3.63, 3.8) is 0 Å². The molecule has 2 heteroatoms. The Hall–Kier alpha value is -1.18. The third-order valence-corrected chi connectivity index (χ3v) is 5.37. The molecule has 0 radical (unpaired) electrons. The van der Waals surface area contributed by atoms with Gasteiger partial charge in [-0.05, 0) is 61.6 Å². The summed E-state index contributed by atoms with van der Waals surface area (Å²) < 4.78 is 0. The number of aryl methyl sites for hydroxylation is 1. The van der Waals surface area contributed by atoms with Crippen molar-refractivity contribution >= 4 is 11.4 Å². The molecule has 0 spiro atoms. The fourth-order valence-electron chi connectivity index (χ4n) is 4.56. The molecule has 2 saturated carbocycles. The number of hydrogen-bond donors (Lipinski definition) is 1. The van der Waals surface area contributed by atoms with Gasteiger partial charge in [-0.3, -0.25) is 0 Å². The number of nitrogen functional groups attached to an aromatic ring is 1. The molecule has 4 rings (SSSR count). The number of hydrogen-bond acceptors (Lipinski definition) is 2. The molecule has 2 bridgehead atoms. The molecule has 3 aliphatic rings. The van der Waals surface area contributed by atoms with Gasteiger partial charge in [-0.15, -0.1) is 0 Å². The van der Waals surface area contributed by atoms with Crippen molar-refractivity contribution in [2.45, 2.75) is 44.6 Å². The molecular weight excluding hydrogens is 220 g/mol. The number of rotatable bonds is 1. The third kappa shape index (κ3) is 1.54. The first-order valence-electron chi connectivity index (χ1n) is 7.46. The van der Waals surface area contributed by atoms with E-state index >= 15 is 0 Å². The molecule has 3 unspecified atom stereocenters. The lowest BCUT2D eigenvalue weighted by Crippen LogP contribution is -2.42. The summed E-state index contributed by atoms with van der Waals surface area (Å²) in [7, 11) is 0. The maximum absolute atomic E-state index is 5.99. The largest absolute Gasteiger partial charge is 0.399 e. The van der Waals surface area contributed by atoms with Crippen LogP contribution in [0.3, 0.4) is 0 Å². The molecule has 2 nitrogen and oxygen atoms in total. The molecule has 1 aliphatic heterocycles. The fourth-order valence-corrected chi connectivity index (χ4v) is 4.56. The molecular formula is C16H22N2. The van der Waals surface area contributed by atoms with Crippen LogP contribution >= 0.6 is 0 Å². The second kappa shape index (κ2) is 3.91. The van der Waals surface area contributed by atoms with E-state index in [0.29, 0.717) is 0 Å². The first kappa shape index (κ1) is 10.7. The summed E-state index contributed by atoms with van der Waals surface area (Å²) in [4.78, 5) is 2.69. The van der Waals surface area contributed by atoms with Crippen molar-refractivity contribution in [3.8, 4) is 0 Å². The number of nitrogens with two attached hydrogens (primary N) is 1. The summed E-state index contributed by atoms with van der Waals surface area (Å²) in [5.74, 6) is 1.98. The molecule has 1 heterocycles. The third-order valence-electron chi connectivity index (χ3n) is 5.37. The zero-order valence-corrected chi connectivity index (χ0v) is 10.9. The number of nitrogens with zero attached hydrogens (tertiary/aromatic N) is 1. The predicted molar refractivity (Wildman–Crippen MR) is 75.8 cm³/mol. The molecule has 1 aromatic rings. The van der Waals surface area contributed by atoms with Gasteiger partial charge in [0, 0.05) is 24.0 Å². The number of benzene rings is 1. The van der Waals surface area contributed by atoms with Crippen LogP contribution < -0.4 is 10.6 Å². The van der Waals surface area contributed by atoms with Gasteiger partial charge in [0.25, 0.3) is 0 Å². The van der Waals surface area contributed by atoms with E-state index in [1.807, 2.05) is 0 Å². The summed E-state index contributed by atoms with van der Waals surface area (Å²) in [5, 5.41) is 0. The Balaban J connectivity index is 1.69. The van der Waals surface area contributed by atoms with Crippen LogP contribution in [0.1, 0.15) is 37.7 Å². The van der Waals surface area contributed by atoms with Gasteiger partial charge < -0.3 is 10.6 Å². The van der Waals surface area contributed by atoms with Crippen LogP contribution in [0.5, 0.6) is 0 Å². The first-order chi connectivity index (χ1) is 8.81. The normalized spacial score (nSPS) is 33.8. The van der Waals surface area contributed by atoms with Gasteiger partial charge in [-0.25, -0.2) is 0 Å². The smallest absolute Gasteiger partial charge is 0.0422 e. The standard InChI is InChI=1S/C16H22N2/c17-14-6-5-12-2-1-7-18(16(12)10-14)15-9-11-3-4-13(15)8-11/h5-6,10-11,13,15H,1-4,7-9,17H2. The summed E-state index contributed by atoms with van der Waals surface area (Å²) in [6, 6.07) is 7.32. The molecule has 0 amide bonds. The Kier molecular flexibility index (Phi) is 2.33. The van der Waals surface area contributed by atoms with Gasteiger partial charge in [0.05, 0.1) is 0 Å². The van der Waals surface area contributed by atoms with Crippen molar-refractivity contribution in [2.75, 3.05) is 17.2 Å². The SMILES string of the molecule is Nc1ccc2c(c1)N(C1CC3CCC1C3)CCC2. The molecule has 0 aromatic heterocycles. The average molecular weight is 242 g/mol. The molecule has 96 valence electrons. The Labute approximate surface area is 109 Å². The highest BCUT2D eigenvalue weighted by molar-refractivity contribution is 5.63. The van der Waals surface area contributed by atoms with Crippen LogP contribution in [-0.4, -0.2) is 12.6 Å². The summed E-state index contributed by atoms with van der Waals surface area (Å²) in [5.41, 5.74) is 9.87. The van der Waals surface area contributed by atoms with Gasteiger partial charge in [-0.1, -0.05) is 12.5 Å². The van der Waals surface area contributed by atoms with E-state index in [2.05, 4.69) is 23.1 Å². The van der Waals surface area contributed by atoms with Gasteiger partial charge >= 0.3 is 0 Å². The minimum absolute atomic E-state index is 0.810. The molecule has 0 saturated heterocycles. The molecule has 2 aliphatic carbocycles. The van der Waals surface area contributed by atoms with Gasteiger partial charge in [-0.2, -0.15) is 0 Å². The minimum Gasteiger partial charge on any atom is -0.399 e. The topological polar surface area (TPSA) is 29.3 Å². The summed E-state index contributed by atoms with van der Waals surface area (Å²) in [6.45, 7) is 1.24. The van der Waals surface area contributed by atoms with Crippen molar-refractivity contribution in [2.24, 2.45) is 11.8 Å². The summed E-state index contributed by atoms with van der Waals surface area (Å²) >= 11 is 0. The van der Waals surface area contributed by atoms with E-state index < -0.39 is 0 Å². The van der Waals surface area contributed by atoms with Crippen molar-refractivity contribution in [1.29, 1.82) is 0 Å². The lowest BCUT2D eigenvalue weighted by Gasteiger charge is -2.40. The number of fused-ring (bicyclic) bond motifs is 3. The second-order valence-electron chi connectivity index (χ2n) is 6.43. The van der Waals surface area contributed by atoms with Crippen LogP contribution in [0.25, 0.3) is 0 Å². The Morgan fingerprint density at radius 2 is 2.11 bits per heavy atom. The van der Waals surface area contributed by atoms with E-state index in [9.17, 15) is 0 Å². The van der Waals surface area contributed by atoms with Crippen molar-refractivity contribution in [3.05, 3.63) is 23.8 Å².